The summed E-state index contributed by atoms with van der Waals surface area (Å²) in [4.78, 5) is 30.9. The number of para-hydroxylation sites is 1. The summed E-state index contributed by atoms with van der Waals surface area (Å²) in [6.07, 6.45) is 0. The molecule has 0 atom stereocenters. The third kappa shape index (κ3) is 7.17. The van der Waals surface area contributed by atoms with Crippen LogP contribution in [-0.2, 0) is 5.75 Å². The number of rotatable bonds is 7. The zero-order chi connectivity index (χ0) is 29.8. The van der Waals surface area contributed by atoms with Gasteiger partial charge in [-0.05, 0) is 48.0 Å². The van der Waals surface area contributed by atoms with E-state index in [9.17, 15) is 9.18 Å². The molecule has 3 heterocycles. The lowest BCUT2D eigenvalue weighted by Crippen LogP contribution is -2.48. The Bertz CT molecular complexity index is 1590. The summed E-state index contributed by atoms with van der Waals surface area (Å²) in [6, 6.07) is 24.2. The van der Waals surface area contributed by atoms with Crippen molar-refractivity contribution in [2.24, 2.45) is 0 Å². The highest BCUT2D eigenvalue weighted by Crippen LogP contribution is 2.28. The molecule has 0 spiro atoms. The summed E-state index contributed by atoms with van der Waals surface area (Å²) in [7, 11) is 0. The molecule has 1 amide bonds. The second-order valence-corrected chi connectivity index (χ2v) is 12.3. The van der Waals surface area contributed by atoms with Gasteiger partial charge >= 0.3 is 0 Å². The molecule has 4 aromatic rings. The second kappa shape index (κ2) is 13.4. The number of carbonyl (C=O) groups is 1. The smallest absolute Gasteiger partial charge is 0.253 e. The Morgan fingerprint density at radius 1 is 0.767 bits per heavy atom. The zero-order valence-corrected chi connectivity index (χ0v) is 25.8. The zero-order valence-electron chi connectivity index (χ0n) is 23.5. The number of piperazine rings is 2. The van der Waals surface area contributed by atoms with E-state index in [-0.39, 0.29) is 11.7 Å². The van der Waals surface area contributed by atoms with E-state index in [0.717, 1.165) is 30.2 Å². The molecule has 3 aromatic carbocycles. The normalized spacial score (nSPS) is 15.6. The van der Waals surface area contributed by atoms with E-state index < -0.39 is 0 Å². The van der Waals surface area contributed by atoms with Crippen molar-refractivity contribution in [2.45, 2.75) is 10.9 Å². The van der Waals surface area contributed by atoms with Crippen molar-refractivity contribution in [3.05, 3.63) is 106 Å². The van der Waals surface area contributed by atoms with Crippen LogP contribution in [0.2, 0.25) is 10.2 Å². The van der Waals surface area contributed by atoms with E-state index in [1.165, 1.54) is 17.8 Å². The molecule has 2 aliphatic rings. The molecule has 2 aliphatic heterocycles. The molecule has 222 valence electrons. The van der Waals surface area contributed by atoms with Crippen LogP contribution < -0.4 is 14.7 Å². The number of amides is 1. The predicted molar refractivity (Wildman–Crippen MR) is 173 cm³/mol. The van der Waals surface area contributed by atoms with E-state index >= 15 is 0 Å². The quantitative estimate of drug-likeness (QED) is 0.130. The maximum absolute atomic E-state index is 14.2. The Kier molecular flexibility index (Phi) is 9.21. The Morgan fingerprint density at radius 3 is 2.26 bits per heavy atom. The third-order valence-electron chi connectivity index (χ3n) is 7.74. The van der Waals surface area contributed by atoms with Crippen LogP contribution in [0, 0.1) is 5.82 Å². The van der Waals surface area contributed by atoms with Gasteiger partial charge < -0.3 is 19.6 Å². The number of hydrogen-bond acceptors (Lipinski definition) is 7. The highest BCUT2D eigenvalue weighted by Gasteiger charge is 2.24. The van der Waals surface area contributed by atoms with Crippen molar-refractivity contribution >= 4 is 58.1 Å². The summed E-state index contributed by atoms with van der Waals surface area (Å²) in [6.45, 7) is 5.58. The van der Waals surface area contributed by atoms with Crippen molar-refractivity contribution in [1.29, 1.82) is 0 Å². The van der Waals surface area contributed by atoms with Gasteiger partial charge in [-0.1, -0.05) is 65.3 Å². The molecule has 11 heteroatoms. The topological polar surface area (TPSA) is 55.8 Å². The Hall–Kier alpha value is -3.53. The summed E-state index contributed by atoms with van der Waals surface area (Å²) in [5, 5.41) is 1.67. The summed E-state index contributed by atoms with van der Waals surface area (Å²) in [5.74, 6) is 1.19. The first-order valence-electron chi connectivity index (χ1n) is 14.2. The van der Waals surface area contributed by atoms with Gasteiger partial charge in [0.15, 0.2) is 5.16 Å². The number of anilines is 3. The standard InChI is InChI=1S/C32H31Cl2FN6OS/c33-25-7-4-8-26(20-25)38-11-17-41(18-12-38)31(42)24-6-3-5-23(19-24)22-43-32-36-29(34)21-30(37-32)40-15-13-39(14-16-40)28-10-2-1-9-27(28)35/h1-10,19-21H,11-18,22H2. The van der Waals surface area contributed by atoms with Gasteiger partial charge in [0.05, 0.1) is 5.69 Å². The van der Waals surface area contributed by atoms with E-state index in [1.807, 2.05) is 65.6 Å². The maximum Gasteiger partial charge on any atom is 0.253 e. The molecular formula is C32H31Cl2FN6OS. The van der Waals surface area contributed by atoms with Crippen LogP contribution in [0.3, 0.4) is 0 Å². The maximum atomic E-state index is 14.2. The molecule has 2 saturated heterocycles. The van der Waals surface area contributed by atoms with Crippen LogP contribution in [0.15, 0.2) is 84.0 Å². The fraction of sp³-hybridized carbons (Fsp3) is 0.281. The van der Waals surface area contributed by atoms with Crippen LogP contribution in [0.1, 0.15) is 15.9 Å². The number of benzene rings is 3. The highest BCUT2D eigenvalue weighted by molar-refractivity contribution is 7.98. The molecule has 6 rings (SSSR count). The van der Waals surface area contributed by atoms with Crippen molar-refractivity contribution in [3.8, 4) is 0 Å². The minimum absolute atomic E-state index is 0.0356. The third-order valence-corrected chi connectivity index (χ3v) is 9.09. The second-order valence-electron chi connectivity index (χ2n) is 10.5. The molecule has 43 heavy (non-hydrogen) atoms. The Labute approximate surface area is 265 Å². The highest BCUT2D eigenvalue weighted by atomic mass is 35.5. The molecule has 7 nitrogen and oxygen atoms in total. The van der Waals surface area contributed by atoms with Gasteiger partial charge in [-0.15, -0.1) is 0 Å². The minimum atomic E-state index is -0.207. The van der Waals surface area contributed by atoms with Crippen molar-refractivity contribution in [1.82, 2.24) is 14.9 Å². The minimum Gasteiger partial charge on any atom is -0.368 e. The fourth-order valence-electron chi connectivity index (χ4n) is 5.46. The molecule has 2 fully saturated rings. The largest absolute Gasteiger partial charge is 0.368 e. The average Bonchev–Trinajstić information content (AvgIpc) is 3.04. The number of hydrogen-bond donors (Lipinski definition) is 0. The fourth-order valence-corrected chi connectivity index (χ4v) is 6.67. The van der Waals surface area contributed by atoms with Gasteiger partial charge in [0, 0.05) is 80.5 Å². The van der Waals surface area contributed by atoms with Gasteiger partial charge in [0.1, 0.15) is 16.8 Å². The van der Waals surface area contributed by atoms with Crippen LogP contribution in [0.5, 0.6) is 0 Å². The first-order chi connectivity index (χ1) is 20.9. The van der Waals surface area contributed by atoms with Crippen molar-refractivity contribution < 1.29 is 9.18 Å². The van der Waals surface area contributed by atoms with Crippen LogP contribution in [0.4, 0.5) is 21.6 Å². The Balaban J connectivity index is 1.05. The number of thioether (sulfide) groups is 1. The van der Waals surface area contributed by atoms with Gasteiger partial charge in [0.25, 0.3) is 5.91 Å². The van der Waals surface area contributed by atoms with E-state index in [2.05, 4.69) is 19.7 Å². The van der Waals surface area contributed by atoms with E-state index in [1.54, 1.807) is 12.1 Å². The van der Waals surface area contributed by atoms with Crippen LogP contribution >= 0.6 is 35.0 Å². The van der Waals surface area contributed by atoms with Gasteiger partial charge in [0.2, 0.25) is 0 Å². The lowest BCUT2D eigenvalue weighted by Gasteiger charge is -2.36. The van der Waals surface area contributed by atoms with Crippen LogP contribution in [-0.4, -0.2) is 73.1 Å². The lowest BCUT2D eigenvalue weighted by atomic mass is 10.1. The number of carbonyl (C=O) groups excluding carboxylic acids is 1. The average molecular weight is 638 g/mol. The molecule has 0 unspecified atom stereocenters. The molecule has 0 N–H and O–H groups in total. The number of aromatic nitrogens is 2. The number of nitrogens with zero attached hydrogens (tertiary/aromatic N) is 6. The molecule has 0 radical (unpaired) electrons. The van der Waals surface area contributed by atoms with Gasteiger partial charge in [-0.25, -0.2) is 14.4 Å². The van der Waals surface area contributed by atoms with Gasteiger partial charge in [-0.3, -0.25) is 4.79 Å². The summed E-state index contributed by atoms with van der Waals surface area (Å²) < 4.78 is 14.2. The molecule has 0 aliphatic carbocycles. The molecular weight excluding hydrogens is 606 g/mol. The summed E-state index contributed by atoms with van der Waals surface area (Å²) in [5.41, 5.74) is 3.39. The van der Waals surface area contributed by atoms with E-state index in [0.29, 0.717) is 71.6 Å². The van der Waals surface area contributed by atoms with Gasteiger partial charge in [-0.2, -0.15) is 0 Å². The number of halogens is 3. The first kappa shape index (κ1) is 29.5. The summed E-state index contributed by atoms with van der Waals surface area (Å²) >= 11 is 14.0. The van der Waals surface area contributed by atoms with Crippen LogP contribution in [0.25, 0.3) is 0 Å². The van der Waals surface area contributed by atoms with Crippen molar-refractivity contribution in [2.75, 3.05) is 67.1 Å². The Morgan fingerprint density at radius 2 is 1.49 bits per heavy atom. The molecule has 0 saturated carbocycles. The van der Waals surface area contributed by atoms with E-state index in [4.69, 9.17) is 28.2 Å². The lowest BCUT2D eigenvalue weighted by molar-refractivity contribution is 0.0746. The van der Waals surface area contributed by atoms with Crippen molar-refractivity contribution in [3.63, 3.8) is 0 Å². The first-order valence-corrected chi connectivity index (χ1v) is 16.0. The monoisotopic (exact) mass is 636 g/mol. The molecule has 0 bridgehead atoms. The SMILES string of the molecule is O=C(c1cccc(CSc2nc(Cl)cc(N3CCN(c4ccccc4F)CC3)n2)c1)N1CCN(c2cccc(Cl)c2)CC1. The predicted octanol–water partition coefficient (Wildman–Crippen LogP) is 6.50. The molecule has 1 aromatic heterocycles.